The molecule has 0 saturated heterocycles. The first-order chi connectivity index (χ1) is 7.87. The molecule has 0 aliphatic carbocycles. The number of carboxylic acids is 1. The van der Waals surface area contributed by atoms with E-state index in [1.54, 1.807) is 0 Å². The molecule has 0 radical (unpaired) electrons. The number of carboxylic acid groups (broad SMARTS) is 1. The van der Waals surface area contributed by atoms with E-state index in [0.29, 0.717) is 6.54 Å². The van der Waals surface area contributed by atoms with E-state index in [9.17, 15) is 9.18 Å². The van der Waals surface area contributed by atoms with Gasteiger partial charge in [-0.25, -0.2) is 9.18 Å². The van der Waals surface area contributed by atoms with Gasteiger partial charge < -0.3 is 15.6 Å². The minimum Gasteiger partial charge on any atom is -0.492 e. The number of carbonyl (C=O) groups is 1. The van der Waals surface area contributed by atoms with Gasteiger partial charge in [0.2, 0.25) is 0 Å². The molecule has 3 N–H and O–H groups in total. The lowest BCUT2D eigenvalue weighted by atomic mass is 9.95. The molecule has 0 fully saturated rings. The Balaban J connectivity index is 2.92. The summed E-state index contributed by atoms with van der Waals surface area (Å²) in [5.74, 6) is -2.12. The van der Waals surface area contributed by atoms with Crippen LogP contribution in [0.2, 0.25) is 0 Å². The lowest BCUT2D eigenvalue weighted by Gasteiger charge is -2.23. The summed E-state index contributed by atoms with van der Waals surface area (Å²) in [6.45, 7) is 4.39. The lowest BCUT2D eigenvalue weighted by molar-refractivity contribution is 0.0683. The minimum atomic E-state index is -1.34. The molecule has 0 aliphatic heterocycles. The molecule has 0 atom stereocenters. The van der Waals surface area contributed by atoms with Crippen molar-refractivity contribution in [2.24, 2.45) is 11.1 Å². The van der Waals surface area contributed by atoms with Gasteiger partial charge in [-0.1, -0.05) is 19.9 Å². The molecule has 1 aromatic carbocycles. The summed E-state index contributed by atoms with van der Waals surface area (Å²) in [6.07, 6.45) is 0. The van der Waals surface area contributed by atoms with Gasteiger partial charge in [-0.3, -0.25) is 0 Å². The standard InChI is InChI=1S/C12H16FNO3/c1-12(2,6-14)7-17-9-5-3-4-8(13)10(9)11(15)16/h3-5H,6-7,14H2,1-2H3,(H,15,16). The van der Waals surface area contributed by atoms with Crippen molar-refractivity contribution in [3.8, 4) is 5.75 Å². The summed E-state index contributed by atoms with van der Waals surface area (Å²) in [4.78, 5) is 10.9. The van der Waals surface area contributed by atoms with Crippen LogP contribution in [0.1, 0.15) is 24.2 Å². The maximum absolute atomic E-state index is 13.3. The van der Waals surface area contributed by atoms with Crippen molar-refractivity contribution in [2.45, 2.75) is 13.8 Å². The van der Waals surface area contributed by atoms with Crippen LogP contribution in [0.3, 0.4) is 0 Å². The molecule has 0 saturated carbocycles. The summed E-state index contributed by atoms with van der Waals surface area (Å²) >= 11 is 0. The van der Waals surface area contributed by atoms with Gasteiger partial charge in [-0.2, -0.15) is 0 Å². The molecular formula is C12H16FNO3. The fraction of sp³-hybridized carbons (Fsp3) is 0.417. The molecule has 17 heavy (non-hydrogen) atoms. The molecule has 0 bridgehead atoms. The first-order valence-corrected chi connectivity index (χ1v) is 5.22. The van der Waals surface area contributed by atoms with Crippen molar-refractivity contribution >= 4 is 5.97 Å². The number of benzene rings is 1. The quantitative estimate of drug-likeness (QED) is 0.825. The summed E-state index contributed by atoms with van der Waals surface area (Å²) in [5, 5.41) is 8.89. The average Bonchev–Trinajstić information content (AvgIpc) is 2.26. The molecular weight excluding hydrogens is 225 g/mol. The van der Waals surface area contributed by atoms with E-state index in [0.717, 1.165) is 6.07 Å². The zero-order chi connectivity index (χ0) is 13.1. The van der Waals surface area contributed by atoms with Crippen LogP contribution in [-0.4, -0.2) is 24.2 Å². The van der Waals surface area contributed by atoms with E-state index in [1.165, 1.54) is 12.1 Å². The Morgan fingerprint density at radius 2 is 2.18 bits per heavy atom. The lowest BCUT2D eigenvalue weighted by Crippen LogP contribution is -2.30. The Bertz CT molecular complexity index is 418. The van der Waals surface area contributed by atoms with Crippen molar-refractivity contribution in [3.63, 3.8) is 0 Å². The zero-order valence-corrected chi connectivity index (χ0v) is 9.87. The third-order valence-corrected chi connectivity index (χ3v) is 2.36. The van der Waals surface area contributed by atoms with Gasteiger partial charge >= 0.3 is 5.97 Å². The van der Waals surface area contributed by atoms with E-state index >= 15 is 0 Å². The van der Waals surface area contributed by atoms with E-state index in [4.69, 9.17) is 15.6 Å². The number of hydrogen-bond acceptors (Lipinski definition) is 3. The molecule has 0 spiro atoms. The van der Waals surface area contributed by atoms with Crippen LogP contribution in [0.25, 0.3) is 0 Å². The maximum atomic E-state index is 13.3. The Hall–Kier alpha value is -1.62. The summed E-state index contributed by atoms with van der Waals surface area (Å²) in [6, 6.07) is 3.93. The second-order valence-electron chi connectivity index (χ2n) is 4.58. The molecule has 5 heteroatoms. The van der Waals surface area contributed by atoms with Gasteiger partial charge in [-0.05, 0) is 12.1 Å². The van der Waals surface area contributed by atoms with Crippen LogP contribution in [0.15, 0.2) is 18.2 Å². The van der Waals surface area contributed by atoms with Crippen LogP contribution >= 0.6 is 0 Å². The van der Waals surface area contributed by atoms with Gasteiger partial charge in [0.15, 0.2) is 0 Å². The summed E-state index contributed by atoms with van der Waals surface area (Å²) < 4.78 is 18.7. The second kappa shape index (κ2) is 5.14. The highest BCUT2D eigenvalue weighted by Gasteiger charge is 2.21. The fourth-order valence-electron chi connectivity index (χ4n) is 1.16. The van der Waals surface area contributed by atoms with E-state index in [1.807, 2.05) is 13.8 Å². The topological polar surface area (TPSA) is 72.5 Å². The third-order valence-electron chi connectivity index (χ3n) is 2.36. The smallest absolute Gasteiger partial charge is 0.342 e. The number of nitrogens with two attached hydrogens (primary N) is 1. The molecule has 0 heterocycles. The third kappa shape index (κ3) is 3.42. The van der Waals surface area contributed by atoms with E-state index in [-0.39, 0.29) is 17.8 Å². The fourth-order valence-corrected chi connectivity index (χ4v) is 1.16. The molecule has 0 aromatic heterocycles. The van der Waals surface area contributed by atoms with E-state index in [2.05, 4.69) is 0 Å². The first kappa shape index (κ1) is 13.4. The van der Waals surface area contributed by atoms with Gasteiger partial charge in [0.25, 0.3) is 0 Å². The average molecular weight is 241 g/mol. The molecule has 0 aliphatic rings. The van der Waals surface area contributed by atoms with Crippen LogP contribution in [0.4, 0.5) is 4.39 Å². The predicted molar refractivity (Wildman–Crippen MR) is 61.7 cm³/mol. The monoisotopic (exact) mass is 241 g/mol. The number of ether oxygens (including phenoxy) is 1. The molecule has 94 valence electrons. The van der Waals surface area contributed by atoms with Crippen molar-refractivity contribution in [1.82, 2.24) is 0 Å². The van der Waals surface area contributed by atoms with Gasteiger partial charge in [0.05, 0.1) is 6.61 Å². The first-order valence-electron chi connectivity index (χ1n) is 5.22. The number of aromatic carboxylic acids is 1. The summed E-state index contributed by atoms with van der Waals surface area (Å²) in [5.41, 5.74) is 4.79. The Morgan fingerprint density at radius 3 is 2.71 bits per heavy atom. The maximum Gasteiger partial charge on any atom is 0.342 e. The van der Waals surface area contributed by atoms with Gasteiger partial charge in [0.1, 0.15) is 17.1 Å². The molecule has 0 amide bonds. The SMILES string of the molecule is CC(C)(CN)COc1cccc(F)c1C(=O)O. The molecule has 1 rings (SSSR count). The second-order valence-corrected chi connectivity index (χ2v) is 4.58. The van der Waals surface area contributed by atoms with Crippen molar-refractivity contribution in [3.05, 3.63) is 29.6 Å². The van der Waals surface area contributed by atoms with Crippen LogP contribution in [0, 0.1) is 11.2 Å². The minimum absolute atomic E-state index is 0.0269. The Kier molecular flexibility index (Phi) is 4.07. The highest BCUT2D eigenvalue weighted by atomic mass is 19.1. The van der Waals surface area contributed by atoms with Crippen LogP contribution in [0.5, 0.6) is 5.75 Å². The van der Waals surface area contributed by atoms with Crippen LogP contribution < -0.4 is 10.5 Å². The van der Waals surface area contributed by atoms with Crippen molar-refractivity contribution < 1.29 is 19.0 Å². The van der Waals surface area contributed by atoms with Crippen molar-refractivity contribution in [1.29, 1.82) is 0 Å². The number of halogens is 1. The predicted octanol–water partition coefficient (Wildman–Crippen LogP) is 1.89. The molecule has 1 aromatic rings. The molecule has 0 unspecified atom stereocenters. The van der Waals surface area contributed by atoms with Crippen molar-refractivity contribution in [2.75, 3.05) is 13.2 Å². The zero-order valence-electron chi connectivity index (χ0n) is 9.87. The van der Waals surface area contributed by atoms with E-state index < -0.39 is 17.3 Å². The number of hydrogen-bond donors (Lipinski definition) is 2. The van der Waals surface area contributed by atoms with Gasteiger partial charge in [-0.15, -0.1) is 0 Å². The summed E-state index contributed by atoms with van der Waals surface area (Å²) in [7, 11) is 0. The molecule has 4 nitrogen and oxygen atoms in total. The van der Waals surface area contributed by atoms with Gasteiger partial charge in [0, 0.05) is 12.0 Å². The highest BCUT2D eigenvalue weighted by Crippen LogP contribution is 2.24. The number of rotatable bonds is 5. The Labute approximate surface area is 99.2 Å². The van der Waals surface area contributed by atoms with Crippen LogP contribution in [-0.2, 0) is 0 Å². The Morgan fingerprint density at radius 1 is 1.53 bits per heavy atom. The normalized spacial score (nSPS) is 11.3. The largest absolute Gasteiger partial charge is 0.492 e. The highest BCUT2D eigenvalue weighted by molar-refractivity contribution is 5.91.